The van der Waals surface area contributed by atoms with Crippen LogP contribution in [0.2, 0.25) is 0 Å². The third-order valence-corrected chi connectivity index (χ3v) is 0.333. The number of methoxy groups -OCH3 is 1. The van der Waals surface area contributed by atoms with Gasteiger partial charge in [0.25, 0.3) is 0 Å². The van der Waals surface area contributed by atoms with Crippen molar-refractivity contribution in [3.63, 3.8) is 0 Å². The molecule has 0 N–H and O–H groups in total. The van der Waals surface area contributed by atoms with Crippen molar-refractivity contribution in [1.82, 2.24) is 0 Å². The van der Waals surface area contributed by atoms with Crippen molar-refractivity contribution in [2.75, 3.05) is 7.11 Å². The van der Waals surface area contributed by atoms with E-state index in [1.54, 1.807) is 0 Å². The van der Waals surface area contributed by atoms with Crippen LogP contribution >= 0.6 is 12.2 Å². The summed E-state index contributed by atoms with van der Waals surface area (Å²) in [6.45, 7) is 0. The molecule has 0 saturated carbocycles. The van der Waals surface area contributed by atoms with Gasteiger partial charge in [0.05, 0.1) is 7.11 Å². The predicted molar refractivity (Wildman–Crippen MR) is 20.3 cm³/mol. The Hall–Kier alpha value is -0.310. The van der Waals surface area contributed by atoms with Gasteiger partial charge in [-0.1, -0.05) is 0 Å². The Morgan fingerprint density at radius 3 is 2.20 bits per heavy atom. The largest absolute Gasteiger partial charge is 0.457 e. The lowest BCUT2D eigenvalue weighted by Gasteiger charge is -1.78. The summed E-state index contributed by atoms with van der Waals surface area (Å²) in [5, 5.41) is 8.74. The Balaban J connectivity index is 2.85. The maximum atomic E-state index is 9.41. The SMILES string of the molecule is COC([O])=S. The Morgan fingerprint density at radius 2 is 2.20 bits per heavy atom. The van der Waals surface area contributed by atoms with E-state index in [4.69, 9.17) is 0 Å². The Morgan fingerprint density at radius 1 is 2.00 bits per heavy atom. The molecule has 0 amide bonds. The third-order valence-electron chi connectivity index (χ3n) is 0.167. The summed E-state index contributed by atoms with van der Waals surface area (Å²) in [6.07, 6.45) is 0. The molecule has 5 heavy (non-hydrogen) atoms. The molecule has 0 aromatic rings. The van der Waals surface area contributed by atoms with Crippen LogP contribution in [0.1, 0.15) is 0 Å². The van der Waals surface area contributed by atoms with Gasteiger partial charge in [-0.15, -0.1) is 0 Å². The van der Waals surface area contributed by atoms with E-state index in [0.717, 1.165) is 0 Å². The molecule has 0 heterocycles. The lowest BCUT2D eigenvalue weighted by molar-refractivity contribution is 0.259. The average Bonchev–Trinajstić information content (AvgIpc) is 1.38. The summed E-state index contributed by atoms with van der Waals surface area (Å²) in [6, 6.07) is 0. The highest BCUT2D eigenvalue weighted by Gasteiger charge is 1.78. The summed E-state index contributed by atoms with van der Waals surface area (Å²) in [4.78, 5) is 0. The van der Waals surface area contributed by atoms with Gasteiger partial charge < -0.3 is 4.74 Å². The highest BCUT2D eigenvalue weighted by molar-refractivity contribution is 7.79. The highest BCUT2D eigenvalue weighted by atomic mass is 32.1. The van der Waals surface area contributed by atoms with Gasteiger partial charge in [-0.05, 0) is 0 Å². The molecule has 0 aromatic carbocycles. The molecule has 0 rings (SSSR count). The van der Waals surface area contributed by atoms with E-state index >= 15 is 0 Å². The van der Waals surface area contributed by atoms with Crippen molar-refractivity contribution in [3.8, 4) is 0 Å². The molecule has 0 aliphatic rings. The lowest BCUT2D eigenvalue weighted by Crippen LogP contribution is -1.87. The van der Waals surface area contributed by atoms with Crippen LogP contribution in [0.25, 0.3) is 0 Å². The van der Waals surface area contributed by atoms with Crippen LogP contribution in [0, 0.1) is 0 Å². The smallest absolute Gasteiger partial charge is 0.399 e. The van der Waals surface area contributed by atoms with Gasteiger partial charge in [0.2, 0.25) is 0 Å². The van der Waals surface area contributed by atoms with Crippen molar-refractivity contribution in [2.45, 2.75) is 0 Å². The van der Waals surface area contributed by atoms with Crippen LogP contribution in [0.15, 0.2) is 0 Å². The van der Waals surface area contributed by atoms with E-state index in [1.165, 1.54) is 7.11 Å². The first-order chi connectivity index (χ1) is 2.27. The fourth-order valence-electron chi connectivity index (χ4n) is 0. The highest BCUT2D eigenvalue weighted by Crippen LogP contribution is 1.65. The van der Waals surface area contributed by atoms with Crippen LogP contribution < -0.4 is 0 Å². The number of ether oxygens (including phenoxy) is 1. The molecule has 0 atom stereocenters. The van der Waals surface area contributed by atoms with Crippen molar-refractivity contribution in [1.29, 1.82) is 0 Å². The molecular formula is C2H3O2S. The maximum Gasteiger partial charge on any atom is 0.399 e. The first-order valence-corrected chi connectivity index (χ1v) is 1.43. The van der Waals surface area contributed by atoms with Crippen molar-refractivity contribution in [3.05, 3.63) is 0 Å². The predicted octanol–water partition coefficient (Wildman–Crippen LogP) is 0.348. The van der Waals surface area contributed by atoms with Crippen LogP contribution in [0.3, 0.4) is 0 Å². The molecule has 2 nitrogen and oxygen atoms in total. The molecule has 0 aliphatic heterocycles. The molecule has 0 aromatic heterocycles. The van der Waals surface area contributed by atoms with Gasteiger partial charge in [0.15, 0.2) is 0 Å². The lowest BCUT2D eigenvalue weighted by atomic mass is 11.4. The fraction of sp³-hybridized carbons (Fsp3) is 0.500. The number of rotatable bonds is 0. The van der Waals surface area contributed by atoms with Gasteiger partial charge in [0, 0.05) is 12.2 Å². The van der Waals surface area contributed by atoms with E-state index in [-0.39, 0.29) is 0 Å². The number of hydrogen-bond acceptors (Lipinski definition) is 2. The Labute approximate surface area is 35.4 Å². The molecule has 1 radical (unpaired) electrons. The van der Waals surface area contributed by atoms with E-state index in [2.05, 4.69) is 17.0 Å². The minimum Gasteiger partial charge on any atom is -0.457 e. The molecule has 0 unspecified atom stereocenters. The number of hydrogen-bond donors (Lipinski definition) is 0. The standard InChI is InChI=1S/C2H3O2S/c1-4-2(3)5/h1H3. The molecule has 29 valence electrons. The average molecular weight is 91.1 g/mol. The molecule has 0 spiro atoms. The second kappa shape index (κ2) is 1.96. The van der Waals surface area contributed by atoms with E-state index in [0.29, 0.717) is 0 Å². The molecule has 3 heteroatoms. The molecule has 0 saturated heterocycles. The summed E-state index contributed by atoms with van der Waals surface area (Å²) in [5.41, 5.74) is 0. The third kappa shape index (κ3) is 3.69. The summed E-state index contributed by atoms with van der Waals surface area (Å²) < 4.78 is 3.93. The fourth-order valence-corrected chi connectivity index (χ4v) is 0. The zero-order chi connectivity index (χ0) is 4.28. The van der Waals surface area contributed by atoms with E-state index in [1.807, 2.05) is 0 Å². The first-order valence-electron chi connectivity index (χ1n) is 1.02. The minimum atomic E-state index is -0.662. The molecular weight excluding hydrogens is 88.1 g/mol. The van der Waals surface area contributed by atoms with Crippen molar-refractivity contribution >= 4 is 17.5 Å². The zero-order valence-electron chi connectivity index (χ0n) is 2.72. The monoisotopic (exact) mass is 91.0 g/mol. The first kappa shape index (κ1) is 4.69. The van der Waals surface area contributed by atoms with Gasteiger partial charge in [-0.25, -0.2) is 5.11 Å². The van der Waals surface area contributed by atoms with Crippen LogP contribution in [0.5, 0.6) is 0 Å². The van der Waals surface area contributed by atoms with Crippen LogP contribution in [-0.4, -0.2) is 12.3 Å². The Bertz CT molecular complexity index is 42.9. The molecule has 0 aliphatic carbocycles. The summed E-state index contributed by atoms with van der Waals surface area (Å²) >= 11 is 3.92. The van der Waals surface area contributed by atoms with Gasteiger partial charge in [-0.2, -0.15) is 0 Å². The molecule has 0 fully saturated rings. The van der Waals surface area contributed by atoms with Crippen molar-refractivity contribution < 1.29 is 9.84 Å². The maximum absolute atomic E-state index is 9.41. The minimum absolute atomic E-state index is 0.662. The van der Waals surface area contributed by atoms with Crippen molar-refractivity contribution in [2.24, 2.45) is 0 Å². The van der Waals surface area contributed by atoms with Gasteiger partial charge in [0.1, 0.15) is 0 Å². The number of thiocarbonyl (C=S) groups is 1. The normalized spacial score (nSPS) is 6.60. The van der Waals surface area contributed by atoms with Crippen LogP contribution in [0.4, 0.5) is 0 Å². The zero-order valence-corrected chi connectivity index (χ0v) is 3.54. The molecule has 0 bridgehead atoms. The topological polar surface area (TPSA) is 29.1 Å². The van der Waals surface area contributed by atoms with E-state index in [9.17, 15) is 5.11 Å². The second-order valence-electron chi connectivity index (χ2n) is 0.454. The van der Waals surface area contributed by atoms with Gasteiger partial charge >= 0.3 is 5.24 Å². The summed E-state index contributed by atoms with van der Waals surface area (Å²) in [7, 11) is 1.25. The Kier molecular flexibility index (Phi) is 1.84. The van der Waals surface area contributed by atoms with Gasteiger partial charge in [-0.3, -0.25) is 0 Å². The quantitative estimate of drug-likeness (QED) is 0.402. The van der Waals surface area contributed by atoms with E-state index < -0.39 is 5.24 Å². The second-order valence-corrected chi connectivity index (χ2v) is 0.787. The van der Waals surface area contributed by atoms with Crippen LogP contribution in [-0.2, 0) is 9.84 Å². The summed E-state index contributed by atoms with van der Waals surface area (Å²) in [5.74, 6) is 0.